The summed E-state index contributed by atoms with van der Waals surface area (Å²) in [5.41, 5.74) is 4.40. The molecule has 1 saturated carbocycles. The van der Waals surface area contributed by atoms with Crippen LogP contribution in [0.4, 0.5) is 5.69 Å². The Hall–Kier alpha value is -3.39. The van der Waals surface area contributed by atoms with Crippen LogP contribution in [0, 0.1) is 5.92 Å². The maximum absolute atomic E-state index is 11.9. The number of hydrogen-bond acceptors (Lipinski definition) is 8. The van der Waals surface area contributed by atoms with Crippen LogP contribution in [0.3, 0.4) is 0 Å². The number of fused-ring (bicyclic) bond motifs is 1. The Labute approximate surface area is 211 Å². The lowest BCUT2D eigenvalue weighted by molar-refractivity contribution is 0.0597. The highest BCUT2D eigenvalue weighted by atomic mass is 16.5. The molecule has 2 aliphatic rings. The van der Waals surface area contributed by atoms with E-state index in [0.717, 1.165) is 80.9 Å². The van der Waals surface area contributed by atoms with Crippen molar-refractivity contribution in [3.05, 3.63) is 53.9 Å². The molecular formula is C28H33N3O5. The zero-order valence-corrected chi connectivity index (χ0v) is 20.9. The second-order valence-electron chi connectivity index (χ2n) is 9.46. The summed E-state index contributed by atoms with van der Waals surface area (Å²) < 4.78 is 22.4. The third-order valence-electron chi connectivity index (χ3n) is 7.18. The number of carbonyl (C=O) groups is 1. The van der Waals surface area contributed by atoms with Gasteiger partial charge in [-0.1, -0.05) is 6.07 Å². The molecule has 2 fully saturated rings. The molecule has 0 bridgehead atoms. The van der Waals surface area contributed by atoms with Gasteiger partial charge in [0.15, 0.2) is 0 Å². The van der Waals surface area contributed by atoms with E-state index in [1.54, 1.807) is 25.6 Å². The highest BCUT2D eigenvalue weighted by molar-refractivity contribution is 5.92. The van der Waals surface area contributed by atoms with Crippen LogP contribution in [0.1, 0.15) is 41.6 Å². The maximum atomic E-state index is 11.9. The highest BCUT2D eigenvalue weighted by Crippen LogP contribution is 2.35. The zero-order chi connectivity index (χ0) is 24.9. The van der Waals surface area contributed by atoms with Crippen molar-refractivity contribution in [2.75, 3.05) is 45.4 Å². The van der Waals surface area contributed by atoms with Gasteiger partial charge in [-0.25, -0.2) is 9.78 Å². The second kappa shape index (κ2) is 11.1. The smallest absolute Gasteiger partial charge is 0.341 e. The predicted molar refractivity (Wildman–Crippen MR) is 137 cm³/mol. The molecular weight excluding hydrogens is 458 g/mol. The van der Waals surface area contributed by atoms with Gasteiger partial charge >= 0.3 is 5.97 Å². The quantitative estimate of drug-likeness (QED) is 0.449. The summed E-state index contributed by atoms with van der Waals surface area (Å²) >= 11 is 0. The first kappa shape index (κ1) is 24.3. The van der Waals surface area contributed by atoms with Crippen molar-refractivity contribution in [2.24, 2.45) is 5.92 Å². The summed E-state index contributed by atoms with van der Waals surface area (Å²) in [6.45, 7) is 3.19. The van der Waals surface area contributed by atoms with Gasteiger partial charge in [-0.05, 0) is 61.8 Å². The van der Waals surface area contributed by atoms with E-state index >= 15 is 0 Å². The van der Waals surface area contributed by atoms with E-state index in [0.29, 0.717) is 17.2 Å². The fourth-order valence-corrected chi connectivity index (χ4v) is 5.23. The minimum absolute atomic E-state index is 0.155. The molecule has 2 heterocycles. The van der Waals surface area contributed by atoms with Gasteiger partial charge in [-0.2, -0.15) is 0 Å². The SMILES string of the molecule is COC(=O)c1ccc(CC2CCC(Oc3cc(N4CCOCC4)cc4nccnc34)CC2)cc1OC. The van der Waals surface area contributed by atoms with Crippen LogP contribution in [0.25, 0.3) is 11.0 Å². The molecule has 2 aromatic carbocycles. The zero-order valence-electron chi connectivity index (χ0n) is 20.9. The Kier molecular flexibility index (Phi) is 7.51. The number of ether oxygens (including phenoxy) is 4. The van der Waals surface area contributed by atoms with Gasteiger partial charge < -0.3 is 23.8 Å². The second-order valence-corrected chi connectivity index (χ2v) is 9.46. The average molecular weight is 492 g/mol. The number of morpholine rings is 1. The van der Waals surface area contributed by atoms with Crippen LogP contribution < -0.4 is 14.4 Å². The molecule has 1 aromatic heterocycles. The van der Waals surface area contributed by atoms with Gasteiger partial charge in [0.2, 0.25) is 0 Å². The fraction of sp³-hybridized carbons (Fsp3) is 0.464. The Balaban J connectivity index is 1.24. The lowest BCUT2D eigenvalue weighted by atomic mass is 9.83. The van der Waals surface area contributed by atoms with Crippen molar-refractivity contribution in [2.45, 2.75) is 38.2 Å². The van der Waals surface area contributed by atoms with E-state index < -0.39 is 0 Å². The number of rotatable bonds is 7. The maximum Gasteiger partial charge on any atom is 0.341 e. The molecule has 3 aromatic rings. The molecule has 1 aliphatic heterocycles. The van der Waals surface area contributed by atoms with Gasteiger partial charge in [0.05, 0.1) is 39.1 Å². The predicted octanol–water partition coefficient (Wildman–Crippen LogP) is 4.44. The van der Waals surface area contributed by atoms with Crippen molar-refractivity contribution in [3.63, 3.8) is 0 Å². The van der Waals surface area contributed by atoms with Gasteiger partial charge in [0, 0.05) is 37.2 Å². The Bertz CT molecular complexity index is 1200. The summed E-state index contributed by atoms with van der Waals surface area (Å²) in [6, 6.07) is 9.96. The van der Waals surface area contributed by atoms with E-state index in [2.05, 4.69) is 27.0 Å². The molecule has 8 heteroatoms. The van der Waals surface area contributed by atoms with Crippen LogP contribution >= 0.6 is 0 Å². The van der Waals surface area contributed by atoms with E-state index in [9.17, 15) is 4.79 Å². The molecule has 190 valence electrons. The molecule has 0 atom stereocenters. The normalized spacial score (nSPS) is 20.2. The Morgan fingerprint density at radius 1 is 1.00 bits per heavy atom. The number of carbonyl (C=O) groups excluding carboxylic acids is 1. The lowest BCUT2D eigenvalue weighted by Gasteiger charge is -2.31. The number of esters is 1. The number of hydrogen-bond donors (Lipinski definition) is 0. The molecule has 0 radical (unpaired) electrons. The van der Waals surface area contributed by atoms with Crippen molar-refractivity contribution < 1.29 is 23.7 Å². The monoisotopic (exact) mass is 491 g/mol. The number of methoxy groups -OCH3 is 2. The summed E-state index contributed by atoms with van der Waals surface area (Å²) in [6.07, 6.45) is 8.70. The third kappa shape index (κ3) is 5.38. The van der Waals surface area contributed by atoms with Crippen molar-refractivity contribution in [1.29, 1.82) is 0 Å². The van der Waals surface area contributed by atoms with Gasteiger partial charge in [-0.15, -0.1) is 0 Å². The first-order valence-electron chi connectivity index (χ1n) is 12.6. The van der Waals surface area contributed by atoms with Crippen LogP contribution in [-0.2, 0) is 15.9 Å². The van der Waals surface area contributed by atoms with Gasteiger partial charge in [0.1, 0.15) is 22.6 Å². The van der Waals surface area contributed by atoms with Crippen molar-refractivity contribution in [1.82, 2.24) is 9.97 Å². The highest BCUT2D eigenvalue weighted by Gasteiger charge is 2.25. The number of aromatic nitrogens is 2. The Morgan fingerprint density at radius 3 is 2.53 bits per heavy atom. The summed E-state index contributed by atoms with van der Waals surface area (Å²) in [7, 11) is 2.96. The molecule has 5 rings (SSSR count). The van der Waals surface area contributed by atoms with Crippen molar-refractivity contribution in [3.8, 4) is 11.5 Å². The first-order valence-corrected chi connectivity index (χ1v) is 12.6. The largest absolute Gasteiger partial charge is 0.496 e. The number of nitrogens with zero attached hydrogens (tertiary/aromatic N) is 3. The molecule has 1 saturated heterocycles. The number of benzene rings is 2. The summed E-state index contributed by atoms with van der Waals surface area (Å²) in [4.78, 5) is 23.4. The average Bonchev–Trinajstić information content (AvgIpc) is 2.94. The van der Waals surface area contributed by atoms with E-state index in [1.165, 1.54) is 12.7 Å². The Morgan fingerprint density at radius 2 is 1.78 bits per heavy atom. The lowest BCUT2D eigenvalue weighted by Crippen LogP contribution is -2.36. The molecule has 0 amide bonds. The number of anilines is 1. The first-order chi connectivity index (χ1) is 17.6. The van der Waals surface area contributed by atoms with Crippen LogP contribution in [0.15, 0.2) is 42.7 Å². The molecule has 0 unspecified atom stereocenters. The third-order valence-corrected chi connectivity index (χ3v) is 7.18. The summed E-state index contributed by atoms with van der Waals surface area (Å²) in [5.74, 6) is 1.55. The molecule has 1 aliphatic carbocycles. The molecule has 8 nitrogen and oxygen atoms in total. The van der Waals surface area contributed by atoms with E-state index in [-0.39, 0.29) is 12.1 Å². The van der Waals surface area contributed by atoms with Crippen LogP contribution in [-0.4, -0.2) is 62.6 Å². The van der Waals surface area contributed by atoms with E-state index in [4.69, 9.17) is 18.9 Å². The molecule has 36 heavy (non-hydrogen) atoms. The molecule has 0 spiro atoms. The van der Waals surface area contributed by atoms with Gasteiger partial charge in [0.25, 0.3) is 0 Å². The minimum Gasteiger partial charge on any atom is -0.496 e. The van der Waals surface area contributed by atoms with Crippen LogP contribution in [0.5, 0.6) is 11.5 Å². The topological polar surface area (TPSA) is 83.0 Å². The van der Waals surface area contributed by atoms with E-state index in [1.807, 2.05) is 12.1 Å². The fourth-order valence-electron chi connectivity index (χ4n) is 5.23. The summed E-state index contributed by atoms with van der Waals surface area (Å²) in [5, 5.41) is 0. The standard InChI is InChI=1S/C28H33N3O5/c1-33-25-16-20(5-8-23(25)28(32)34-2)15-19-3-6-22(7-4-19)36-26-18-21(31-11-13-35-14-12-31)17-24-27(26)30-10-9-29-24/h5,8-10,16-19,22H,3-4,6-7,11-15H2,1-2H3. The van der Waals surface area contributed by atoms with Crippen LogP contribution in [0.2, 0.25) is 0 Å². The minimum atomic E-state index is -0.383. The van der Waals surface area contributed by atoms with Crippen molar-refractivity contribution >= 4 is 22.7 Å². The molecule has 0 N–H and O–H groups in total. The van der Waals surface area contributed by atoms with Gasteiger partial charge in [-0.3, -0.25) is 4.98 Å².